The van der Waals surface area contributed by atoms with Gasteiger partial charge in [-0.05, 0) is 48.4 Å². The van der Waals surface area contributed by atoms with Gasteiger partial charge in [0.15, 0.2) is 5.76 Å². The highest BCUT2D eigenvalue weighted by atomic mass is 35.5. The van der Waals surface area contributed by atoms with Crippen molar-refractivity contribution >= 4 is 28.3 Å². The second-order valence-electron chi connectivity index (χ2n) is 5.70. The van der Waals surface area contributed by atoms with Crippen molar-refractivity contribution in [1.82, 2.24) is 5.32 Å². The van der Waals surface area contributed by atoms with Crippen molar-refractivity contribution in [2.45, 2.75) is 17.1 Å². The monoisotopic (exact) mass is 387 g/mol. The molecule has 0 spiro atoms. The molecule has 0 fully saturated rings. The van der Waals surface area contributed by atoms with E-state index in [1.165, 1.54) is 0 Å². The average Bonchev–Trinajstić information content (AvgIpc) is 3.12. The van der Waals surface area contributed by atoms with E-state index in [0.717, 1.165) is 10.5 Å². The van der Waals surface area contributed by atoms with Crippen LogP contribution in [0.3, 0.4) is 0 Å². The van der Waals surface area contributed by atoms with Crippen LogP contribution in [-0.2, 0) is 23.0 Å². The lowest BCUT2D eigenvalue weighted by Crippen LogP contribution is -2.25. The van der Waals surface area contributed by atoms with E-state index in [0.29, 0.717) is 23.7 Å². The molecule has 0 aliphatic carbocycles. The zero-order chi connectivity index (χ0) is 18.4. The first-order valence-electron chi connectivity index (χ1n) is 8.16. The normalized spacial score (nSPS) is 11.9. The molecule has 0 bridgehead atoms. The molecule has 3 rings (SSSR count). The molecular weight excluding hydrogens is 370 g/mol. The maximum atomic E-state index is 12.3. The second-order valence-corrected chi connectivity index (χ2v) is 7.59. The molecule has 3 aromatic rings. The molecule has 26 heavy (non-hydrogen) atoms. The van der Waals surface area contributed by atoms with Crippen molar-refractivity contribution in [3.05, 3.63) is 88.8 Å². The van der Waals surface area contributed by atoms with E-state index < -0.39 is 10.8 Å². The minimum atomic E-state index is -1.20. The third-order valence-corrected chi connectivity index (χ3v) is 5.37. The van der Waals surface area contributed by atoms with E-state index >= 15 is 0 Å². The first-order chi connectivity index (χ1) is 12.6. The molecule has 1 atom stereocenters. The van der Waals surface area contributed by atoms with Crippen molar-refractivity contribution in [3.8, 4) is 0 Å². The van der Waals surface area contributed by atoms with Gasteiger partial charge in [-0.25, -0.2) is 0 Å². The van der Waals surface area contributed by atoms with Crippen LogP contribution >= 0.6 is 11.6 Å². The Labute approximate surface area is 159 Å². The number of carbonyl (C=O) groups excluding carboxylic acids is 1. The summed E-state index contributed by atoms with van der Waals surface area (Å²) in [6, 6.07) is 20.0. The summed E-state index contributed by atoms with van der Waals surface area (Å²) in [5, 5.41) is 3.51. The maximum absolute atomic E-state index is 12.3. The summed E-state index contributed by atoms with van der Waals surface area (Å²) in [4.78, 5) is 12.9. The standard InChI is InChI=1S/C20H18ClNO3S/c21-16-8-6-15(7-9-16)12-13-22-20(23)19-11-10-17(25-19)14-26(24)18-4-2-1-3-5-18/h1-11H,12-14H2,(H,22,23). The fourth-order valence-corrected chi connectivity index (χ4v) is 3.59. The number of furan rings is 1. The first kappa shape index (κ1) is 18.4. The summed E-state index contributed by atoms with van der Waals surface area (Å²) in [5.74, 6) is 0.703. The van der Waals surface area contributed by atoms with Crippen molar-refractivity contribution in [2.75, 3.05) is 6.54 Å². The molecule has 1 unspecified atom stereocenters. The van der Waals surface area contributed by atoms with Crippen LogP contribution < -0.4 is 5.32 Å². The van der Waals surface area contributed by atoms with Gasteiger partial charge in [-0.1, -0.05) is 41.9 Å². The summed E-state index contributed by atoms with van der Waals surface area (Å²) in [6.45, 7) is 0.493. The molecule has 2 aromatic carbocycles. The van der Waals surface area contributed by atoms with Crippen LogP contribution in [0.1, 0.15) is 21.9 Å². The highest BCUT2D eigenvalue weighted by molar-refractivity contribution is 7.84. The Kier molecular flexibility index (Phi) is 6.26. The van der Waals surface area contributed by atoms with Crippen molar-refractivity contribution in [3.63, 3.8) is 0 Å². The Morgan fingerprint density at radius 1 is 1.00 bits per heavy atom. The minimum Gasteiger partial charge on any atom is -0.455 e. The van der Waals surface area contributed by atoms with Gasteiger partial charge in [-0.2, -0.15) is 0 Å². The topological polar surface area (TPSA) is 59.3 Å². The van der Waals surface area contributed by atoms with Crippen LogP contribution in [0, 0.1) is 0 Å². The number of hydrogen-bond donors (Lipinski definition) is 1. The third-order valence-electron chi connectivity index (χ3n) is 3.78. The van der Waals surface area contributed by atoms with E-state index in [2.05, 4.69) is 5.32 Å². The van der Waals surface area contributed by atoms with Crippen LogP contribution in [0.4, 0.5) is 0 Å². The molecule has 0 saturated carbocycles. The fourth-order valence-electron chi connectivity index (χ4n) is 2.42. The third kappa shape index (κ3) is 5.07. The van der Waals surface area contributed by atoms with Gasteiger partial charge in [-0.15, -0.1) is 0 Å². The van der Waals surface area contributed by atoms with Gasteiger partial charge in [0.05, 0.1) is 16.6 Å². The van der Waals surface area contributed by atoms with Crippen molar-refractivity contribution < 1.29 is 13.4 Å². The molecule has 1 heterocycles. The second kappa shape index (κ2) is 8.83. The Bertz CT molecular complexity index is 891. The van der Waals surface area contributed by atoms with Gasteiger partial charge < -0.3 is 9.73 Å². The number of carbonyl (C=O) groups is 1. The summed E-state index contributed by atoms with van der Waals surface area (Å²) in [6.07, 6.45) is 0.703. The smallest absolute Gasteiger partial charge is 0.287 e. The molecule has 4 nitrogen and oxygen atoms in total. The fraction of sp³-hybridized carbons (Fsp3) is 0.150. The summed E-state index contributed by atoms with van der Waals surface area (Å²) in [5.41, 5.74) is 1.09. The lowest BCUT2D eigenvalue weighted by atomic mass is 10.1. The molecule has 0 aliphatic heterocycles. The quantitative estimate of drug-likeness (QED) is 0.660. The summed E-state index contributed by atoms with van der Waals surface area (Å²) < 4.78 is 17.8. The van der Waals surface area contributed by atoms with Crippen LogP contribution in [0.2, 0.25) is 5.02 Å². The SMILES string of the molecule is O=C(NCCc1ccc(Cl)cc1)c1ccc(CS(=O)c2ccccc2)o1. The molecule has 1 amide bonds. The van der Waals surface area contributed by atoms with Gasteiger partial charge in [0.1, 0.15) is 5.76 Å². The largest absolute Gasteiger partial charge is 0.455 e. The van der Waals surface area contributed by atoms with Gasteiger partial charge >= 0.3 is 0 Å². The number of benzene rings is 2. The molecule has 134 valence electrons. The number of rotatable bonds is 7. The molecule has 1 N–H and O–H groups in total. The van der Waals surface area contributed by atoms with E-state index in [4.69, 9.17) is 16.0 Å². The molecule has 0 aliphatic rings. The first-order valence-corrected chi connectivity index (χ1v) is 9.86. The van der Waals surface area contributed by atoms with Crippen LogP contribution in [-0.4, -0.2) is 16.7 Å². The minimum absolute atomic E-state index is 0.223. The number of amides is 1. The molecular formula is C20H18ClNO3S. The maximum Gasteiger partial charge on any atom is 0.287 e. The lowest BCUT2D eigenvalue weighted by molar-refractivity contribution is 0.0925. The summed E-state index contributed by atoms with van der Waals surface area (Å²) >= 11 is 5.85. The zero-order valence-electron chi connectivity index (χ0n) is 14.0. The van der Waals surface area contributed by atoms with Gasteiger partial charge in [0.2, 0.25) is 0 Å². The Hall–Kier alpha value is -2.37. The zero-order valence-corrected chi connectivity index (χ0v) is 15.6. The molecule has 0 saturated heterocycles. The number of halogens is 1. The number of nitrogens with one attached hydrogen (secondary N) is 1. The number of hydrogen-bond acceptors (Lipinski definition) is 3. The highest BCUT2D eigenvalue weighted by Gasteiger charge is 2.13. The Morgan fingerprint density at radius 3 is 2.46 bits per heavy atom. The van der Waals surface area contributed by atoms with E-state index in [1.54, 1.807) is 12.1 Å². The van der Waals surface area contributed by atoms with Crippen LogP contribution in [0.5, 0.6) is 0 Å². The lowest BCUT2D eigenvalue weighted by Gasteiger charge is -2.04. The molecule has 1 aromatic heterocycles. The Balaban J connectivity index is 1.51. The van der Waals surface area contributed by atoms with E-state index in [-0.39, 0.29) is 17.4 Å². The predicted molar refractivity (Wildman–Crippen MR) is 103 cm³/mol. The van der Waals surface area contributed by atoms with Crippen LogP contribution in [0.25, 0.3) is 0 Å². The van der Waals surface area contributed by atoms with E-state index in [1.807, 2.05) is 54.6 Å². The molecule has 6 heteroatoms. The Morgan fingerprint density at radius 2 is 1.73 bits per heavy atom. The van der Waals surface area contributed by atoms with Crippen molar-refractivity contribution in [1.29, 1.82) is 0 Å². The molecule has 0 radical (unpaired) electrons. The van der Waals surface area contributed by atoms with Gasteiger partial charge in [0.25, 0.3) is 5.91 Å². The average molecular weight is 388 g/mol. The highest BCUT2D eigenvalue weighted by Crippen LogP contribution is 2.15. The van der Waals surface area contributed by atoms with E-state index in [9.17, 15) is 9.00 Å². The van der Waals surface area contributed by atoms with Gasteiger partial charge in [-0.3, -0.25) is 9.00 Å². The van der Waals surface area contributed by atoms with Crippen molar-refractivity contribution in [2.24, 2.45) is 0 Å². The van der Waals surface area contributed by atoms with Gasteiger partial charge in [0, 0.05) is 16.5 Å². The predicted octanol–water partition coefficient (Wildman–Crippen LogP) is 4.21. The summed E-state index contributed by atoms with van der Waals surface area (Å²) in [7, 11) is -1.20. The van der Waals surface area contributed by atoms with Crippen LogP contribution in [0.15, 0.2) is 76.0 Å².